The summed E-state index contributed by atoms with van der Waals surface area (Å²) >= 11 is 0. The van der Waals surface area contributed by atoms with Crippen LogP contribution in [0, 0.1) is 5.92 Å². The number of nitrogens with one attached hydrogen (secondary N) is 2. The highest BCUT2D eigenvalue weighted by Crippen LogP contribution is 1.98. The fourth-order valence-corrected chi connectivity index (χ4v) is 1.34. The molecule has 4 nitrogen and oxygen atoms in total. The van der Waals surface area contributed by atoms with Crippen molar-refractivity contribution in [1.82, 2.24) is 10.6 Å². The molecule has 1 atom stereocenters. The van der Waals surface area contributed by atoms with Gasteiger partial charge < -0.3 is 15.7 Å². The molecule has 0 saturated carbocycles. The van der Waals surface area contributed by atoms with Gasteiger partial charge in [-0.05, 0) is 18.8 Å². The van der Waals surface area contributed by atoms with Crippen LogP contribution in [0.2, 0.25) is 0 Å². The largest absolute Gasteiger partial charge is 0.392 e. The van der Waals surface area contributed by atoms with Crippen LogP contribution in [0.25, 0.3) is 0 Å². The molecule has 0 aromatic carbocycles. The smallest absolute Gasteiger partial charge is 0.234 e. The third kappa shape index (κ3) is 6.80. The number of carbonyl (C=O) groups excluding carboxylic acids is 1. The van der Waals surface area contributed by atoms with Gasteiger partial charge in [0.05, 0.1) is 12.6 Å². The predicted octanol–water partition coefficient (Wildman–Crippen LogP) is 0.898. The number of hydrogen-bond acceptors (Lipinski definition) is 3. The first-order valence-corrected chi connectivity index (χ1v) is 6.19. The van der Waals surface area contributed by atoms with Crippen LogP contribution < -0.4 is 10.6 Å². The van der Waals surface area contributed by atoms with Gasteiger partial charge in [0.25, 0.3) is 0 Å². The Balaban J connectivity index is 3.65. The van der Waals surface area contributed by atoms with Crippen molar-refractivity contribution in [1.29, 1.82) is 0 Å². The van der Waals surface area contributed by atoms with Crippen molar-refractivity contribution in [3.05, 3.63) is 0 Å². The minimum atomic E-state index is -0.388. The standard InChI is InChI=1S/C12H26N2O2/c1-5-10(6-2)14-12(16)8-13-7-11(15)9(3)4/h9-11,13,15H,5-8H2,1-4H3,(H,14,16). The summed E-state index contributed by atoms with van der Waals surface area (Å²) in [5.41, 5.74) is 0. The number of hydrogen-bond donors (Lipinski definition) is 3. The first-order chi connectivity index (χ1) is 7.51. The molecule has 0 aliphatic carbocycles. The molecule has 0 fully saturated rings. The fourth-order valence-electron chi connectivity index (χ4n) is 1.34. The second kappa shape index (κ2) is 8.53. The van der Waals surface area contributed by atoms with Crippen molar-refractivity contribution in [3.8, 4) is 0 Å². The fraction of sp³-hybridized carbons (Fsp3) is 0.917. The van der Waals surface area contributed by atoms with E-state index < -0.39 is 0 Å². The highest BCUT2D eigenvalue weighted by Gasteiger charge is 2.11. The second-order valence-electron chi connectivity index (χ2n) is 4.52. The third-order valence-electron chi connectivity index (χ3n) is 2.76. The van der Waals surface area contributed by atoms with Gasteiger partial charge in [0.1, 0.15) is 0 Å². The predicted molar refractivity (Wildman–Crippen MR) is 66.2 cm³/mol. The molecule has 96 valence electrons. The monoisotopic (exact) mass is 230 g/mol. The third-order valence-corrected chi connectivity index (χ3v) is 2.76. The lowest BCUT2D eigenvalue weighted by molar-refractivity contribution is -0.121. The van der Waals surface area contributed by atoms with E-state index in [9.17, 15) is 9.90 Å². The molecule has 1 unspecified atom stereocenters. The topological polar surface area (TPSA) is 61.4 Å². The van der Waals surface area contributed by atoms with E-state index in [1.165, 1.54) is 0 Å². The second-order valence-corrected chi connectivity index (χ2v) is 4.52. The van der Waals surface area contributed by atoms with Crippen LogP contribution in [0.1, 0.15) is 40.5 Å². The number of rotatable bonds is 8. The van der Waals surface area contributed by atoms with E-state index in [1.807, 2.05) is 13.8 Å². The van der Waals surface area contributed by atoms with E-state index in [1.54, 1.807) is 0 Å². The summed E-state index contributed by atoms with van der Waals surface area (Å²) in [6.45, 7) is 8.77. The van der Waals surface area contributed by atoms with E-state index in [0.717, 1.165) is 12.8 Å². The summed E-state index contributed by atoms with van der Waals surface area (Å²) in [5.74, 6) is 0.222. The average molecular weight is 230 g/mol. The Labute approximate surface area is 98.8 Å². The number of amides is 1. The minimum Gasteiger partial charge on any atom is -0.392 e. The number of carbonyl (C=O) groups is 1. The van der Waals surface area contributed by atoms with E-state index in [-0.39, 0.29) is 30.5 Å². The van der Waals surface area contributed by atoms with Gasteiger partial charge in [-0.1, -0.05) is 27.7 Å². The average Bonchev–Trinajstić information content (AvgIpc) is 2.25. The van der Waals surface area contributed by atoms with Crippen molar-refractivity contribution in [2.24, 2.45) is 5.92 Å². The van der Waals surface area contributed by atoms with Crippen LogP contribution in [0.5, 0.6) is 0 Å². The summed E-state index contributed by atoms with van der Waals surface area (Å²) in [5, 5.41) is 15.4. The van der Waals surface area contributed by atoms with Gasteiger partial charge in [0, 0.05) is 12.6 Å². The molecular weight excluding hydrogens is 204 g/mol. The molecule has 16 heavy (non-hydrogen) atoms. The van der Waals surface area contributed by atoms with Gasteiger partial charge in [-0.25, -0.2) is 0 Å². The van der Waals surface area contributed by atoms with Gasteiger partial charge in [-0.15, -0.1) is 0 Å². The zero-order valence-electron chi connectivity index (χ0n) is 10.9. The Kier molecular flexibility index (Phi) is 8.21. The number of aliphatic hydroxyl groups excluding tert-OH is 1. The SMILES string of the molecule is CCC(CC)NC(=O)CNCC(O)C(C)C. The molecule has 0 spiro atoms. The molecule has 0 heterocycles. The summed E-state index contributed by atoms with van der Waals surface area (Å²) < 4.78 is 0. The molecule has 1 amide bonds. The van der Waals surface area contributed by atoms with Gasteiger partial charge in [0.15, 0.2) is 0 Å². The Bertz CT molecular complexity index is 191. The van der Waals surface area contributed by atoms with E-state index in [4.69, 9.17) is 0 Å². The molecule has 0 bridgehead atoms. The summed E-state index contributed by atoms with van der Waals surface area (Å²) in [7, 11) is 0. The van der Waals surface area contributed by atoms with Crippen LogP contribution in [0.3, 0.4) is 0 Å². The summed E-state index contributed by atoms with van der Waals surface area (Å²) in [6, 6.07) is 0.268. The first kappa shape index (κ1) is 15.4. The van der Waals surface area contributed by atoms with Gasteiger partial charge >= 0.3 is 0 Å². The maximum absolute atomic E-state index is 11.5. The molecule has 4 heteroatoms. The van der Waals surface area contributed by atoms with Crippen molar-refractivity contribution in [3.63, 3.8) is 0 Å². The van der Waals surface area contributed by atoms with Gasteiger partial charge in [-0.3, -0.25) is 4.79 Å². The van der Waals surface area contributed by atoms with Crippen LogP contribution in [0.4, 0.5) is 0 Å². The van der Waals surface area contributed by atoms with Crippen LogP contribution in [-0.2, 0) is 4.79 Å². The molecule has 0 aromatic heterocycles. The van der Waals surface area contributed by atoms with Crippen LogP contribution in [0.15, 0.2) is 0 Å². The molecule has 0 aromatic rings. The molecule has 3 N–H and O–H groups in total. The molecule has 0 rings (SSSR count). The molecule has 0 aliphatic rings. The van der Waals surface area contributed by atoms with E-state index >= 15 is 0 Å². The lowest BCUT2D eigenvalue weighted by Gasteiger charge is -2.17. The zero-order valence-corrected chi connectivity index (χ0v) is 10.9. The highest BCUT2D eigenvalue weighted by atomic mass is 16.3. The Hall–Kier alpha value is -0.610. The quantitative estimate of drug-likeness (QED) is 0.580. The normalized spacial score (nSPS) is 13.2. The first-order valence-electron chi connectivity index (χ1n) is 6.19. The molecule has 0 aliphatic heterocycles. The Morgan fingerprint density at radius 2 is 1.81 bits per heavy atom. The number of aliphatic hydroxyl groups is 1. The lowest BCUT2D eigenvalue weighted by atomic mass is 10.1. The van der Waals surface area contributed by atoms with Crippen molar-refractivity contribution in [2.75, 3.05) is 13.1 Å². The Morgan fingerprint density at radius 3 is 2.25 bits per heavy atom. The maximum Gasteiger partial charge on any atom is 0.234 e. The van der Waals surface area contributed by atoms with Crippen molar-refractivity contribution >= 4 is 5.91 Å². The van der Waals surface area contributed by atoms with Crippen LogP contribution >= 0.6 is 0 Å². The van der Waals surface area contributed by atoms with E-state index in [2.05, 4.69) is 24.5 Å². The highest BCUT2D eigenvalue weighted by molar-refractivity contribution is 5.78. The molecule has 0 saturated heterocycles. The van der Waals surface area contributed by atoms with Gasteiger partial charge in [-0.2, -0.15) is 0 Å². The summed E-state index contributed by atoms with van der Waals surface area (Å²) in [6.07, 6.45) is 1.52. The maximum atomic E-state index is 11.5. The minimum absolute atomic E-state index is 0.00431. The van der Waals surface area contributed by atoms with Crippen LogP contribution in [-0.4, -0.2) is 36.2 Å². The zero-order chi connectivity index (χ0) is 12.6. The van der Waals surface area contributed by atoms with Crippen molar-refractivity contribution in [2.45, 2.75) is 52.7 Å². The molecule has 0 radical (unpaired) electrons. The van der Waals surface area contributed by atoms with E-state index in [0.29, 0.717) is 6.54 Å². The summed E-state index contributed by atoms with van der Waals surface area (Å²) in [4.78, 5) is 11.5. The lowest BCUT2D eigenvalue weighted by Crippen LogP contribution is -2.42. The molecular formula is C12H26N2O2. The Morgan fingerprint density at radius 1 is 1.25 bits per heavy atom. The van der Waals surface area contributed by atoms with Gasteiger partial charge in [0.2, 0.25) is 5.91 Å². The van der Waals surface area contributed by atoms with Crippen molar-refractivity contribution < 1.29 is 9.90 Å².